The fourth-order valence-corrected chi connectivity index (χ4v) is 5.63. The standard InChI is InChI=1S/C25H30N6O4S/c1-15-5-16(2)13-31(12-15)14-19-10-27-24(35-19)20-6-17(7-22-21(20)11-28-29-22)18-8-23(30-36(4,32)33)25(34-3)26-9-18/h6-11,15-16,30H,5,12-14H2,1-4H3,(H,28,29)/t15-,16-/m0/s1. The Morgan fingerprint density at radius 2 is 1.89 bits per heavy atom. The average molecular weight is 511 g/mol. The largest absolute Gasteiger partial charge is 0.480 e. The maximum absolute atomic E-state index is 11.8. The van der Waals surface area contributed by atoms with Gasteiger partial charge in [-0.15, -0.1) is 0 Å². The lowest BCUT2D eigenvalue weighted by Gasteiger charge is -2.34. The van der Waals surface area contributed by atoms with Crippen molar-refractivity contribution in [3.05, 3.63) is 42.5 Å². The minimum absolute atomic E-state index is 0.186. The van der Waals surface area contributed by atoms with Gasteiger partial charge in [0.2, 0.25) is 21.8 Å². The highest BCUT2D eigenvalue weighted by Crippen LogP contribution is 2.35. The smallest absolute Gasteiger partial charge is 0.238 e. The van der Waals surface area contributed by atoms with Crippen LogP contribution < -0.4 is 9.46 Å². The number of piperidine rings is 1. The number of aromatic nitrogens is 4. The van der Waals surface area contributed by atoms with E-state index in [1.807, 2.05) is 12.1 Å². The van der Waals surface area contributed by atoms with E-state index in [-0.39, 0.29) is 11.6 Å². The van der Waals surface area contributed by atoms with Crippen molar-refractivity contribution in [2.75, 3.05) is 31.2 Å². The number of rotatable bonds is 7. The molecule has 1 aliphatic heterocycles. The van der Waals surface area contributed by atoms with Gasteiger partial charge in [-0.1, -0.05) is 13.8 Å². The molecule has 0 spiro atoms. The molecule has 2 atom stereocenters. The van der Waals surface area contributed by atoms with E-state index in [0.29, 0.717) is 23.3 Å². The molecule has 4 heterocycles. The number of ether oxygens (including phenoxy) is 1. The fraction of sp³-hybridized carbons (Fsp3) is 0.400. The van der Waals surface area contributed by atoms with E-state index >= 15 is 0 Å². The summed E-state index contributed by atoms with van der Waals surface area (Å²) >= 11 is 0. The number of nitrogens with zero attached hydrogens (tertiary/aromatic N) is 4. The normalized spacial score (nSPS) is 19.0. The number of anilines is 1. The highest BCUT2D eigenvalue weighted by Gasteiger charge is 2.23. The Morgan fingerprint density at radius 3 is 2.61 bits per heavy atom. The van der Waals surface area contributed by atoms with Crippen molar-refractivity contribution in [2.45, 2.75) is 26.8 Å². The summed E-state index contributed by atoms with van der Waals surface area (Å²) in [5.41, 5.74) is 3.34. The number of pyridine rings is 1. The first-order valence-corrected chi connectivity index (χ1v) is 13.7. The number of likely N-dealkylation sites (tertiary alicyclic amines) is 1. The number of nitrogens with one attached hydrogen (secondary N) is 2. The maximum Gasteiger partial charge on any atom is 0.238 e. The van der Waals surface area contributed by atoms with Crippen LogP contribution in [0.15, 0.2) is 41.2 Å². The molecule has 5 rings (SSSR count). The van der Waals surface area contributed by atoms with Crippen LogP contribution in [0, 0.1) is 11.8 Å². The number of H-pyrrole nitrogens is 1. The molecule has 1 fully saturated rings. The lowest BCUT2D eigenvalue weighted by Crippen LogP contribution is -2.37. The summed E-state index contributed by atoms with van der Waals surface area (Å²) in [5, 5.41) is 8.09. The number of oxazole rings is 1. The van der Waals surface area contributed by atoms with Crippen LogP contribution in [0.1, 0.15) is 26.0 Å². The van der Waals surface area contributed by atoms with Gasteiger partial charge in [-0.05, 0) is 42.0 Å². The highest BCUT2D eigenvalue weighted by atomic mass is 32.2. The lowest BCUT2D eigenvalue weighted by atomic mass is 9.92. The molecular formula is C25H30N6O4S. The number of aromatic amines is 1. The number of hydrogen-bond acceptors (Lipinski definition) is 8. The van der Waals surface area contributed by atoms with Crippen LogP contribution >= 0.6 is 0 Å². The second-order valence-electron chi connectivity index (χ2n) is 9.78. The first-order valence-electron chi connectivity index (χ1n) is 11.8. The molecule has 0 bridgehead atoms. The molecule has 1 aliphatic rings. The number of fused-ring (bicyclic) bond motifs is 1. The second-order valence-corrected chi connectivity index (χ2v) is 11.5. The molecule has 10 nitrogen and oxygen atoms in total. The van der Waals surface area contributed by atoms with Crippen LogP contribution in [-0.2, 0) is 16.6 Å². The van der Waals surface area contributed by atoms with Crippen molar-refractivity contribution < 1.29 is 17.6 Å². The molecule has 36 heavy (non-hydrogen) atoms. The third-order valence-corrected chi connectivity index (χ3v) is 6.93. The monoisotopic (exact) mass is 510 g/mol. The van der Waals surface area contributed by atoms with Gasteiger partial charge in [0.1, 0.15) is 11.4 Å². The molecule has 1 aromatic carbocycles. The third kappa shape index (κ3) is 5.21. The van der Waals surface area contributed by atoms with Crippen LogP contribution in [0.4, 0.5) is 5.69 Å². The quantitative estimate of drug-likeness (QED) is 0.380. The summed E-state index contributed by atoms with van der Waals surface area (Å²) in [5.74, 6) is 2.84. The molecule has 2 N–H and O–H groups in total. The summed E-state index contributed by atoms with van der Waals surface area (Å²) in [4.78, 5) is 11.3. The van der Waals surface area contributed by atoms with E-state index in [2.05, 4.69) is 43.6 Å². The molecule has 3 aromatic heterocycles. The van der Waals surface area contributed by atoms with Gasteiger partial charge in [0.05, 0.1) is 37.8 Å². The Morgan fingerprint density at radius 1 is 1.11 bits per heavy atom. The van der Waals surface area contributed by atoms with Crippen molar-refractivity contribution >= 4 is 26.6 Å². The summed E-state index contributed by atoms with van der Waals surface area (Å²) in [6, 6.07) is 5.57. The Balaban J connectivity index is 1.50. The van der Waals surface area contributed by atoms with Gasteiger partial charge in [-0.25, -0.2) is 18.4 Å². The Bertz CT molecular complexity index is 1490. The van der Waals surface area contributed by atoms with Crippen LogP contribution in [-0.4, -0.2) is 59.9 Å². The number of methoxy groups -OCH3 is 1. The average Bonchev–Trinajstić information content (AvgIpc) is 3.46. The van der Waals surface area contributed by atoms with Crippen LogP contribution in [0.2, 0.25) is 0 Å². The fourth-order valence-electron chi connectivity index (χ4n) is 5.09. The van der Waals surface area contributed by atoms with Gasteiger partial charge in [0.25, 0.3) is 0 Å². The minimum atomic E-state index is -3.52. The second kappa shape index (κ2) is 9.55. The molecule has 190 valence electrons. The lowest BCUT2D eigenvalue weighted by molar-refractivity contribution is 0.126. The van der Waals surface area contributed by atoms with Crippen LogP contribution in [0.3, 0.4) is 0 Å². The molecule has 11 heteroatoms. The zero-order chi connectivity index (χ0) is 25.4. The Kier molecular flexibility index (Phi) is 6.44. The Hall–Kier alpha value is -3.44. The van der Waals surface area contributed by atoms with Crippen molar-refractivity contribution in [1.82, 2.24) is 25.1 Å². The highest BCUT2D eigenvalue weighted by molar-refractivity contribution is 7.92. The molecule has 0 radical (unpaired) electrons. The Labute approximate surface area is 210 Å². The molecule has 0 saturated carbocycles. The van der Waals surface area contributed by atoms with E-state index in [1.165, 1.54) is 13.5 Å². The van der Waals surface area contributed by atoms with Crippen molar-refractivity contribution in [3.8, 4) is 28.5 Å². The van der Waals surface area contributed by atoms with Crippen molar-refractivity contribution in [2.24, 2.45) is 11.8 Å². The van der Waals surface area contributed by atoms with Gasteiger partial charge in [-0.3, -0.25) is 14.7 Å². The summed E-state index contributed by atoms with van der Waals surface area (Å²) in [6.45, 7) is 7.41. The first kappa shape index (κ1) is 24.3. The summed E-state index contributed by atoms with van der Waals surface area (Å²) < 4.78 is 37.6. The van der Waals surface area contributed by atoms with E-state index in [0.717, 1.165) is 53.7 Å². The third-order valence-electron chi connectivity index (χ3n) is 6.34. The van der Waals surface area contributed by atoms with Gasteiger partial charge < -0.3 is 9.15 Å². The molecule has 0 amide bonds. The predicted octanol–water partition coefficient (Wildman–Crippen LogP) is 4.14. The zero-order valence-electron chi connectivity index (χ0n) is 20.8. The maximum atomic E-state index is 11.8. The van der Waals surface area contributed by atoms with E-state index in [1.54, 1.807) is 24.7 Å². The van der Waals surface area contributed by atoms with Crippen molar-refractivity contribution in [3.63, 3.8) is 0 Å². The number of benzene rings is 1. The van der Waals surface area contributed by atoms with E-state index in [9.17, 15) is 8.42 Å². The van der Waals surface area contributed by atoms with Gasteiger partial charge >= 0.3 is 0 Å². The molecule has 1 saturated heterocycles. The topological polar surface area (TPSA) is 126 Å². The van der Waals surface area contributed by atoms with Crippen LogP contribution in [0.5, 0.6) is 5.88 Å². The summed E-state index contributed by atoms with van der Waals surface area (Å²) in [6.07, 6.45) is 7.51. The SMILES string of the molecule is COc1ncc(-c2cc(-c3ncc(CN4C[C@@H](C)C[C@H](C)C4)o3)c3cn[nH]c3c2)cc1NS(C)(=O)=O. The number of sulfonamides is 1. The minimum Gasteiger partial charge on any atom is -0.480 e. The number of hydrogen-bond donors (Lipinski definition) is 2. The molecule has 0 unspecified atom stereocenters. The van der Waals surface area contributed by atoms with Gasteiger partial charge in [0.15, 0.2) is 0 Å². The van der Waals surface area contributed by atoms with E-state index < -0.39 is 10.0 Å². The van der Waals surface area contributed by atoms with E-state index in [4.69, 9.17) is 9.15 Å². The molecule has 0 aliphatic carbocycles. The molecule has 4 aromatic rings. The predicted molar refractivity (Wildman–Crippen MR) is 138 cm³/mol. The van der Waals surface area contributed by atoms with Gasteiger partial charge in [-0.2, -0.15) is 5.10 Å². The van der Waals surface area contributed by atoms with Crippen molar-refractivity contribution in [1.29, 1.82) is 0 Å². The first-order chi connectivity index (χ1) is 17.2. The van der Waals surface area contributed by atoms with Crippen LogP contribution in [0.25, 0.3) is 33.5 Å². The summed E-state index contributed by atoms with van der Waals surface area (Å²) in [7, 11) is -2.08. The molecular weight excluding hydrogens is 480 g/mol. The van der Waals surface area contributed by atoms with Gasteiger partial charge in [0, 0.05) is 35.8 Å². The zero-order valence-corrected chi connectivity index (χ0v) is 21.6.